The first-order valence-corrected chi connectivity index (χ1v) is 8.19. The van der Waals surface area contributed by atoms with Gasteiger partial charge in [0.05, 0.1) is 4.90 Å². The minimum atomic E-state index is -3.50. The Kier molecular flexibility index (Phi) is 4.45. The van der Waals surface area contributed by atoms with E-state index < -0.39 is 10.0 Å². The maximum atomic E-state index is 12.4. The Balaban J connectivity index is 2.28. The zero-order chi connectivity index (χ0) is 14.8. The van der Waals surface area contributed by atoms with Crippen molar-refractivity contribution in [3.63, 3.8) is 0 Å². The van der Waals surface area contributed by atoms with Crippen LogP contribution in [-0.2, 0) is 10.0 Å². The number of nitrogens with zero attached hydrogens (tertiary/aromatic N) is 2. The molecule has 0 N–H and O–H groups in total. The van der Waals surface area contributed by atoms with E-state index >= 15 is 0 Å². The lowest BCUT2D eigenvalue weighted by Gasteiger charge is -2.26. The van der Waals surface area contributed by atoms with Crippen LogP contribution in [0.3, 0.4) is 0 Å². The van der Waals surface area contributed by atoms with Crippen LogP contribution in [0.1, 0.15) is 29.6 Å². The molecule has 1 saturated heterocycles. The highest BCUT2D eigenvalue weighted by Gasteiger charge is 2.22. The SMILES string of the molecule is CN(C)S(=O)(=O)c1cccc(C(=O)N2CCCCC2)c1. The molecule has 0 aromatic heterocycles. The summed E-state index contributed by atoms with van der Waals surface area (Å²) in [6.45, 7) is 1.51. The average molecular weight is 296 g/mol. The third-order valence-corrected chi connectivity index (χ3v) is 5.31. The Labute approximate surface area is 120 Å². The number of carbonyl (C=O) groups excluding carboxylic acids is 1. The second-order valence-electron chi connectivity index (χ2n) is 5.17. The van der Waals surface area contributed by atoms with E-state index in [-0.39, 0.29) is 10.8 Å². The molecule has 20 heavy (non-hydrogen) atoms. The lowest BCUT2D eigenvalue weighted by Crippen LogP contribution is -2.35. The van der Waals surface area contributed by atoms with Gasteiger partial charge in [-0.15, -0.1) is 0 Å². The van der Waals surface area contributed by atoms with Crippen LogP contribution in [0.15, 0.2) is 29.2 Å². The third-order valence-electron chi connectivity index (χ3n) is 3.50. The molecule has 0 aliphatic carbocycles. The van der Waals surface area contributed by atoms with Gasteiger partial charge in [-0.2, -0.15) is 0 Å². The molecule has 0 spiro atoms. The smallest absolute Gasteiger partial charge is 0.253 e. The molecule has 1 aromatic carbocycles. The first-order valence-electron chi connectivity index (χ1n) is 6.75. The number of sulfonamides is 1. The van der Waals surface area contributed by atoms with Crippen LogP contribution in [0.4, 0.5) is 0 Å². The van der Waals surface area contributed by atoms with Crippen molar-refractivity contribution in [2.24, 2.45) is 0 Å². The number of hydrogen-bond acceptors (Lipinski definition) is 3. The zero-order valence-corrected chi connectivity index (χ0v) is 12.7. The van der Waals surface area contributed by atoms with Gasteiger partial charge in [0.25, 0.3) is 5.91 Å². The fraction of sp³-hybridized carbons (Fsp3) is 0.500. The number of piperidine rings is 1. The van der Waals surface area contributed by atoms with Crippen molar-refractivity contribution in [3.05, 3.63) is 29.8 Å². The summed E-state index contributed by atoms with van der Waals surface area (Å²) >= 11 is 0. The topological polar surface area (TPSA) is 57.7 Å². The first-order chi connectivity index (χ1) is 9.43. The number of benzene rings is 1. The normalized spacial score (nSPS) is 16.4. The molecule has 0 saturated carbocycles. The van der Waals surface area contributed by atoms with E-state index in [4.69, 9.17) is 0 Å². The largest absolute Gasteiger partial charge is 0.339 e. The Hall–Kier alpha value is -1.40. The minimum Gasteiger partial charge on any atom is -0.339 e. The quantitative estimate of drug-likeness (QED) is 0.850. The number of rotatable bonds is 3. The molecule has 0 radical (unpaired) electrons. The van der Waals surface area contributed by atoms with Gasteiger partial charge >= 0.3 is 0 Å². The van der Waals surface area contributed by atoms with E-state index in [1.54, 1.807) is 17.0 Å². The first kappa shape index (κ1) is 15.0. The van der Waals surface area contributed by atoms with Gasteiger partial charge in [0.1, 0.15) is 0 Å². The van der Waals surface area contributed by atoms with Crippen molar-refractivity contribution in [1.82, 2.24) is 9.21 Å². The summed E-state index contributed by atoms with van der Waals surface area (Å²) in [6, 6.07) is 6.27. The summed E-state index contributed by atoms with van der Waals surface area (Å²) in [7, 11) is -0.540. The lowest BCUT2D eigenvalue weighted by atomic mass is 10.1. The highest BCUT2D eigenvalue weighted by atomic mass is 32.2. The number of likely N-dealkylation sites (tertiary alicyclic amines) is 1. The van der Waals surface area contributed by atoms with Crippen LogP contribution in [0, 0.1) is 0 Å². The number of carbonyl (C=O) groups is 1. The molecular formula is C14H20N2O3S. The summed E-state index contributed by atoms with van der Waals surface area (Å²) in [5, 5.41) is 0. The summed E-state index contributed by atoms with van der Waals surface area (Å²) in [5.74, 6) is -0.0829. The van der Waals surface area contributed by atoms with Gasteiger partial charge in [-0.25, -0.2) is 12.7 Å². The summed E-state index contributed by atoms with van der Waals surface area (Å²) in [4.78, 5) is 14.3. The predicted molar refractivity (Wildman–Crippen MR) is 77.1 cm³/mol. The van der Waals surface area contributed by atoms with Gasteiger partial charge in [0.2, 0.25) is 10.0 Å². The highest BCUT2D eigenvalue weighted by molar-refractivity contribution is 7.89. The molecule has 1 amide bonds. The van der Waals surface area contributed by atoms with E-state index in [1.807, 2.05) is 0 Å². The molecule has 1 fully saturated rings. The van der Waals surface area contributed by atoms with Crippen molar-refractivity contribution >= 4 is 15.9 Å². The molecule has 1 aromatic rings. The van der Waals surface area contributed by atoms with Crippen LogP contribution < -0.4 is 0 Å². The van der Waals surface area contributed by atoms with E-state index in [0.717, 1.165) is 36.7 Å². The molecule has 1 heterocycles. The molecule has 0 atom stereocenters. The second-order valence-corrected chi connectivity index (χ2v) is 7.32. The zero-order valence-electron chi connectivity index (χ0n) is 11.9. The van der Waals surface area contributed by atoms with Crippen molar-refractivity contribution in [2.75, 3.05) is 27.2 Å². The van der Waals surface area contributed by atoms with Crippen molar-refractivity contribution in [3.8, 4) is 0 Å². The van der Waals surface area contributed by atoms with Gasteiger partial charge in [-0.3, -0.25) is 4.79 Å². The van der Waals surface area contributed by atoms with Gasteiger partial charge in [-0.1, -0.05) is 6.07 Å². The van der Waals surface area contributed by atoms with Crippen molar-refractivity contribution in [1.29, 1.82) is 0 Å². The van der Waals surface area contributed by atoms with Gasteiger partial charge in [-0.05, 0) is 37.5 Å². The fourth-order valence-corrected chi connectivity index (χ4v) is 3.23. The average Bonchev–Trinajstić information content (AvgIpc) is 2.47. The highest BCUT2D eigenvalue weighted by Crippen LogP contribution is 2.18. The van der Waals surface area contributed by atoms with Crippen molar-refractivity contribution < 1.29 is 13.2 Å². The molecule has 0 bridgehead atoms. The van der Waals surface area contributed by atoms with Crippen LogP contribution in [-0.4, -0.2) is 50.7 Å². The number of hydrogen-bond donors (Lipinski definition) is 0. The lowest BCUT2D eigenvalue weighted by molar-refractivity contribution is 0.0724. The predicted octanol–water partition coefficient (Wildman–Crippen LogP) is 1.56. The Bertz CT molecular complexity index is 590. The Morgan fingerprint density at radius 3 is 2.40 bits per heavy atom. The maximum absolute atomic E-state index is 12.4. The Morgan fingerprint density at radius 1 is 1.15 bits per heavy atom. The van der Waals surface area contributed by atoms with Gasteiger partial charge in [0, 0.05) is 32.7 Å². The standard InChI is InChI=1S/C14H20N2O3S/c1-15(2)20(18,19)13-8-6-7-12(11-13)14(17)16-9-4-3-5-10-16/h6-8,11H,3-5,9-10H2,1-2H3. The molecule has 1 aliphatic rings. The van der Waals surface area contributed by atoms with Crippen LogP contribution >= 0.6 is 0 Å². The summed E-state index contributed by atoms with van der Waals surface area (Å²) in [6.07, 6.45) is 3.18. The Morgan fingerprint density at radius 2 is 1.80 bits per heavy atom. The van der Waals surface area contributed by atoms with Crippen LogP contribution in [0.5, 0.6) is 0 Å². The van der Waals surface area contributed by atoms with E-state index in [9.17, 15) is 13.2 Å². The van der Waals surface area contributed by atoms with E-state index in [1.165, 1.54) is 26.2 Å². The van der Waals surface area contributed by atoms with Crippen LogP contribution in [0.2, 0.25) is 0 Å². The van der Waals surface area contributed by atoms with Gasteiger partial charge < -0.3 is 4.90 Å². The molecule has 2 rings (SSSR count). The van der Waals surface area contributed by atoms with Crippen molar-refractivity contribution in [2.45, 2.75) is 24.2 Å². The number of amides is 1. The fourth-order valence-electron chi connectivity index (χ4n) is 2.28. The molecule has 5 nitrogen and oxygen atoms in total. The minimum absolute atomic E-state index is 0.0829. The molecule has 1 aliphatic heterocycles. The third kappa shape index (κ3) is 3.02. The summed E-state index contributed by atoms with van der Waals surface area (Å²) in [5.41, 5.74) is 0.440. The molecule has 0 unspecified atom stereocenters. The monoisotopic (exact) mass is 296 g/mol. The van der Waals surface area contributed by atoms with E-state index in [2.05, 4.69) is 0 Å². The molecule has 6 heteroatoms. The maximum Gasteiger partial charge on any atom is 0.253 e. The summed E-state index contributed by atoms with van der Waals surface area (Å²) < 4.78 is 25.3. The van der Waals surface area contributed by atoms with E-state index in [0.29, 0.717) is 5.56 Å². The second kappa shape index (κ2) is 5.93. The van der Waals surface area contributed by atoms with Crippen LogP contribution in [0.25, 0.3) is 0 Å². The van der Waals surface area contributed by atoms with Gasteiger partial charge in [0.15, 0.2) is 0 Å². The molecule has 110 valence electrons. The molecular weight excluding hydrogens is 276 g/mol.